The number of aryl methyl sites for hydroxylation is 1. The first-order chi connectivity index (χ1) is 9.72. The third-order valence-electron chi connectivity index (χ3n) is 3.53. The van der Waals surface area contributed by atoms with Crippen LogP contribution in [0.15, 0.2) is 30.3 Å². The lowest BCUT2D eigenvalue weighted by Gasteiger charge is -2.35. The molecule has 3 rings (SSSR count). The molecule has 1 aromatic heterocycles. The quantitative estimate of drug-likeness (QED) is 0.814. The lowest BCUT2D eigenvalue weighted by Crippen LogP contribution is -2.46. The molecule has 0 bridgehead atoms. The van der Waals surface area contributed by atoms with Crippen molar-refractivity contribution in [3.63, 3.8) is 0 Å². The zero-order chi connectivity index (χ0) is 13.9. The van der Waals surface area contributed by atoms with Crippen molar-refractivity contribution in [1.29, 1.82) is 0 Å². The summed E-state index contributed by atoms with van der Waals surface area (Å²) in [5.41, 5.74) is 1.31. The SMILES string of the molecule is Cc1nn(CN2CCN(c3ccccc3)CC2)c(=S)s1. The minimum Gasteiger partial charge on any atom is -0.369 e. The lowest BCUT2D eigenvalue weighted by molar-refractivity contribution is 0.195. The van der Waals surface area contributed by atoms with Crippen LogP contribution in [-0.4, -0.2) is 40.9 Å². The Labute approximate surface area is 128 Å². The predicted molar refractivity (Wildman–Crippen MR) is 85.9 cm³/mol. The molecule has 106 valence electrons. The Morgan fingerprint density at radius 1 is 1.15 bits per heavy atom. The van der Waals surface area contributed by atoms with Crippen LogP contribution < -0.4 is 4.90 Å². The normalized spacial score (nSPS) is 16.6. The van der Waals surface area contributed by atoms with Crippen LogP contribution in [0.2, 0.25) is 0 Å². The minimum atomic E-state index is 0.811. The number of nitrogens with zero attached hydrogens (tertiary/aromatic N) is 4. The molecule has 4 nitrogen and oxygen atoms in total. The zero-order valence-corrected chi connectivity index (χ0v) is 13.2. The van der Waals surface area contributed by atoms with E-state index in [2.05, 4.69) is 45.2 Å². The molecule has 0 atom stereocenters. The second-order valence-corrected chi connectivity index (χ2v) is 6.80. The summed E-state index contributed by atoms with van der Waals surface area (Å²) in [5.74, 6) is 0. The molecule has 6 heteroatoms. The predicted octanol–water partition coefficient (Wildman–Crippen LogP) is 2.76. The van der Waals surface area contributed by atoms with E-state index in [1.165, 1.54) is 5.69 Å². The summed E-state index contributed by atoms with van der Waals surface area (Å²) in [5, 5.41) is 5.50. The fraction of sp³-hybridized carbons (Fsp3) is 0.429. The van der Waals surface area contributed by atoms with E-state index in [0.29, 0.717) is 0 Å². The topological polar surface area (TPSA) is 24.3 Å². The van der Waals surface area contributed by atoms with E-state index >= 15 is 0 Å². The summed E-state index contributed by atoms with van der Waals surface area (Å²) in [7, 11) is 0. The van der Waals surface area contributed by atoms with Gasteiger partial charge < -0.3 is 4.90 Å². The number of benzene rings is 1. The summed E-state index contributed by atoms with van der Waals surface area (Å²) < 4.78 is 2.81. The van der Waals surface area contributed by atoms with Crippen LogP contribution in [0.3, 0.4) is 0 Å². The fourth-order valence-electron chi connectivity index (χ4n) is 2.48. The van der Waals surface area contributed by atoms with Crippen LogP contribution in [-0.2, 0) is 6.67 Å². The third-order valence-corrected chi connectivity index (χ3v) is 4.76. The molecule has 0 saturated carbocycles. The van der Waals surface area contributed by atoms with Crippen molar-refractivity contribution in [2.45, 2.75) is 13.6 Å². The summed E-state index contributed by atoms with van der Waals surface area (Å²) in [6.07, 6.45) is 0. The highest BCUT2D eigenvalue weighted by atomic mass is 32.1. The molecule has 0 N–H and O–H groups in total. The molecule has 1 aromatic carbocycles. The maximum atomic E-state index is 5.32. The Morgan fingerprint density at radius 2 is 1.85 bits per heavy atom. The van der Waals surface area contributed by atoms with E-state index in [9.17, 15) is 0 Å². The van der Waals surface area contributed by atoms with Crippen LogP contribution in [0.4, 0.5) is 5.69 Å². The average molecular weight is 306 g/mol. The maximum absolute atomic E-state index is 5.32. The lowest BCUT2D eigenvalue weighted by atomic mass is 10.2. The molecule has 0 spiro atoms. The molecule has 0 unspecified atom stereocenters. The number of hydrogen-bond acceptors (Lipinski definition) is 5. The Balaban J connectivity index is 1.59. The smallest absolute Gasteiger partial charge is 0.180 e. The van der Waals surface area contributed by atoms with Gasteiger partial charge in [0.05, 0.1) is 6.67 Å². The highest BCUT2D eigenvalue weighted by Crippen LogP contribution is 2.16. The van der Waals surface area contributed by atoms with Crippen molar-refractivity contribution in [2.75, 3.05) is 31.1 Å². The molecule has 2 aromatic rings. The van der Waals surface area contributed by atoms with Gasteiger partial charge >= 0.3 is 0 Å². The molecule has 20 heavy (non-hydrogen) atoms. The molecule has 0 radical (unpaired) electrons. The van der Waals surface area contributed by atoms with E-state index in [-0.39, 0.29) is 0 Å². The van der Waals surface area contributed by atoms with E-state index < -0.39 is 0 Å². The first-order valence-electron chi connectivity index (χ1n) is 6.79. The number of para-hydroxylation sites is 1. The van der Waals surface area contributed by atoms with Crippen LogP contribution in [0.5, 0.6) is 0 Å². The van der Waals surface area contributed by atoms with Crippen molar-refractivity contribution >= 4 is 29.2 Å². The van der Waals surface area contributed by atoms with Gasteiger partial charge in [-0.05, 0) is 31.3 Å². The van der Waals surface area contributed by atoms with Crippen LogP contribution in [0.25, 0.3) is 0 Å². The maximum Gasteiger partial charge on any atom is 0.180 e. The largest absolute Gasteiger partial charge is 0.369 e. The van der Waals surface area contributed by atoms with Gasteiger partial charge in [0.15, 0.2) is 3.95 Å². The van der Waals surface area contributed by atoms with E-state index in [4.69, 9.17) is 12.2 Å². The highest BCUT2D eigenvalue weighted by Gasteiger charge is 2.17. The molecule has 0 aliphatic carbocycles. The van der Waals surface area contributed by atoms with Gasteiger partial charge in [-0.3, -0.25) is 4.90 Å². The van der Waals surface area contributed by atoms with Crippen LogP contribution >= 0.6 is 23.6 Å². The molecule has 1 aliphatic heterocycles. The Hall–Kier alpha value is -1.24. The van der Waals surface area contributed by atoms with Crippen LogP contribution in [0, 0.1) is 10.9 Å². The van der Waals surface area contributed by atoms with Gasteiger partial charge in [-0.25, -0.2) is 4.68 Å². The van der Waals surface area contributed by atoms with E-state index in [1.54, 1.807) is 11.3 Å². The summed E-state index contributed by atoms with van der Waals surface area (Å²) in [4.78, 5) is 4.84. The number of rotatable bonds is 3. The monoisotopic (exact) mass is 306 g/mol. The summed E-state index contributed by atoms with van der Waals surface area (Å²) in [6.45, 7) is 7.03. The van der Waals surface area contributed by atoms with Gasteiger partial charge in [-0.15, -0.1) is 0 Å². The van der Waals surface area contributed by atoms with Crippen molar-refractivity contribution in [2.24, 2.45) is 0 Å². The molecule has 1 saturated heterocycles. The second-order valence-electron chi connectivity index (χ2n) is 4.97. The second kappa shape index (κ2) is 6.03. The standard InChI is InChI=1S/C14H18N4S2/c1-12-15-18(14(19)20-12)11-16-7-9-17(10-8-16)13-5-3-2-4-6-13/h2-6H,7-11H2,1H3. The van der Waals surface area contributed by atoms with Gasteiger partial charge in [0.2, 0.25) is 0 Å². The zero-order valence-electron chi connectivity index (χ0n) is 11.5. The molecular weight excluding hydrogens is 288 g/mol. The third kappa shape index (κ3) is 3.08. The number of piperazine rings is 1. The molecule has 0 amide bonds. The summed E-state index contributed by atoms with van der Waals surface area (Å²) in [6, 6.07) is 10.6. The van der Waals surface area contributed by atoms with Gasteiger partial charge in [0.1, 0.15) is 5.01 Å². The summed E-state index contributed by atoms with van der Waals surface area (Å²) >= 11 is 6.91. The van der Waals surface area contributed by atoms with Gasteiger partial charge in [-0.2, -0.15) is 5.10 Å². The van der Waals surface area contributed by atoms with Crippen molar-refractivity contribution in [1.82, 2.24) is 14.7 Å². The van der Waals surface area contributed by atoms with Crippen molar-refractivity contribution < 1.29 is 0 Å². The minimum absolute atomic E-state index is 0.811. The van der Waals surface area contributed by atoms with Gasteiger partial charge in [-0.1, -0.05) is 29.5 Å². The first-order valence-corrected chi connectivity index (χ1v) is 8.02. The molecule has 1 aliphatic rings. The highest BCUT2D eigenvalue weighted by molar-refractivity contribution is 7.73. The van der Waals surface area contributed by atoms with Gasteiger partial charge in [0.25, 0.3) is 0 Å². The Kier molecular flexibility index (Phi) is 4.14. The molecule has 2 heterocycles. The fourth-order valence-corrected chi connectivity index (χ4v) is 3.53. The molecular formula is C14H18N4S2. The number of anilines is 1. The van der Waals surface area contributed by atoms with E-state index in [1.807, 2.05) is 11.6 Å². The van der Waals surface area contributed by atoms with Crippen LogP contribution in [0.1, 0.15) is 5.01 Å². The number of aromatic nitrogens is 2. The van der Waals surface area contributed by atoms with Crippen molar-refractivity contribution in [3.05, 3.63) is 39.3 Å². The van der Waals surface area contributed by atoms with Gasteiger partial charge in [0, 0.05) is 31.9 Å². The Bertz CT molecular complexity index is 612. The van der Waals surface area contributed by atoms with E-state index in [0.717, 1.165) is 41.8 Å². The Morgan fingerprint density at radius 3 is 2.45 bits per heavy atom. The van der Waals surface area contributed by atoms with Crippen molar-refractivity contribution in [3.8, 4) is 0 Å². The first kappa shape index (κ1) is 13.7. The number of hydrogen-bond donors (Lipinski definition) is 0. The molecule has 1 fully saturated rings. The average Bonchev–Trinajstić information content (AvgIpc) is 2.79.